The van der Waals surface area contributed by atoms with Crippen molar-refractivity contribution >= 4 is 39.7 Å². The van der Waals surface area contributed by atoms with Crippen molar-refractivity contribution < 1.29 is 4.42 Å². The van der Waals surface area contributed by atoms with E-state index in [9.17, 15) is 4.79 Å². The van der Waals surface area contributed by atoms with Gasteiger partial charge < -0.3 is 15.1 Å². The van der Waals surface area contributed by atoms with E-state index in [4.69, 9.17) is 16.6 Å². The standard InChI is InChI=1S/C17H14N2O2S/c1-11-9-16(20)21-15-10-13(7-8-14(11)15)19-17(22)18-12-5-3-2-4-6-12/h2-10H,1H3,(H2,18,19,22). The molecule has 0 unspecified atom stereocenters. The summed E-state index contributed by atoms with van der Waals surface area (Å²) < 4.78 is 5.22. The van der Waals surface area contributed by atoms with Crippen LogP contribution in [0.25, 0.3) is 11.0 Å². The molecule has 22 heavy (non-hydrogen) atoms. The molecule has 0 atom stereocenters. The number of benzene rings is 2. The zero-order valence-corrected chi connectivity index (χ0v) is 12.7. The number of hydrogen-bond donors (Lipinski definition) is 2. The molecule has 0 fully saturated rings. The predicted molar refractivity (Wildman–Crippen MR) is 93.5 cm³/mol. The Morgan fingerprint density at radius 3 is 2.50 bits per heavy atom. The minimum atomic E-state index is -0.355. The molecule has 0 aliphatic rings. The summed E-state index contributed by atoms with van der Waals surface area (Å²) >= 11 is 5.28. The maximum Gasteiger partial charge on any atom is 0.336 e. The number of anilines is 2. The Kier molecular flexibility index (Phi) is 3.89. The summed E-state index contributed by atoms with van der Waals surface area (Å²) in [6, 6.07) is 16.7. The van der Waals surface area contributed by atoms with Crippen LogP contribution in [0.5, 0.6) is 0 Å². The lowest BCUT2D eigenvalue weighted by molar-refractivity contribution is 0.560. The molecule has 4 nitrogen and oxygen atoms in total. The first-order chi connectivity index (χ1) is 10.6. The molecule has 110 valence electrons. The summed E-state index contributed by atoms with van der Waals surface area (Å²) in [5, 5.41) is 7.55. The van der Waals surface area contributed by atoms with E-state index in [2.05, 4.69) is 10.6 Å². The van der Waals surface area contributed by atoms with E-state index < -0.39 is 0 Å². The minimum absolute atomic E-state index is 0.355. The van der Waals surface area contributed by atoms with Crippen molar-refractivity contribution in [2.75, 3.05) is 10.6 Å². The van der Waals surface area contributed by atoms with Gasteiger partial charge in [-0.1, -0.05) is 18.2 Å². The van der Waals surface area contributed by atoms with Crippen LogP contribution in [0, 0.1) is 6.92 Å². The van der Waals surface area contributed by atoms with Crippen molar-refractivity contribution in [1.29, 1.82) is 0 Å². The molecular weight excluding hydrogens is 296 g/mol. The second-order valence-corrected chi connectivity index (χ2v) is 5.31. The van der Waals surface area contributed by atoms with Gasteiger partial charge in [-0.3, -0.25) is 0 Å². The SMILES string of the molecule is Cc1cc(=O)oc2cc(NC(=S)Nc3ccccc3)ccc12. The van der Waals surface area contributed by atoms with E-state index in [0.717, 1.165) is 22.3 Å². The van der Waals surface area contributed by atoms with Crippen molar-refractivity contribution in [3.05, 3.63) is 70.6 Å². The van der Waals surface area contributed by atoms with Crippen LogP contribution in [-0.4, -0.2) is 5.11 Å². The van der Waals surface area contributed by atoms with E-state index in [1.807, 2.05) is 49.4 Å². The van der Waals surface area contributed by atoms with Crippen molar-refractivity contribution in [3.8, 4) is 0 Å². The van der Waals surface area contributed by atoms with Crippen LogP contribution >= 0.6 is 12.2 Å². The summed E-state index contributed by atoms with van der Waals surface area (Å²) in [5.41, 5.74) is 2.74. The number of aryl methyl sites for hydroxylation is 1. The normalized spacial score (nSPS) is 10.4. The number of hydrogen-bond acceptors (Lipinski definition) is 3. The highest BCUT2D eigenvalue weighted by Gasteiger charge is 2.04. The zero-order chi connectivity index (χ0) is 15.5. The van der Waals surface area contributed by atoms with E-state index >= 15 is 0 Å². The summed E-state index contributed by atoms with van der Waals surface area (Å²) in [6.45, 7) is 1.88. The fraction of sp³-hybridized carbons (Fsp3) is 0.0588. The fourth-order valence-electron chi connectivity index (χ4n) is 2.22. The zero-order valence-electron chi connectivity index (χ0n) is 11.9. The third kappa shape index (κ3) is 3.15. The molecule has 2 aromatic carbocycles. The highest BCUT2D eigenvalue weighted by Crippen LogP contribution is 2.21. The first-order valence-electron chi connectivity index (χ1n) is 6.79. The van der Waals surface area contributed by atoms with Crippen LogP contribution in [0.3, 0.4) is 0 Å². The second kappa shape index (κ2) is 5.99. The van der Waals surface area contributed by atoms with Gasteiger partial charge in [0.05, 0.1) is 0 Å². The van der Waals surface area contributed by atoms with Gasteiger partial charge in [-0.05, 0) is 49.0 Å². The number of nitrogens with one attached hydrogen (secondary N) is 2. The lowest BCUT2D eigenvalue weighted by Crippen LogP contribution is -2.18. The van der Waals surface area contributed by atoms with E-state index in [1.165, 1.54) is 6.07 Å². The van der Waals surface area contributed by atoms with Crippen LogP contribution in [0.2, 0.25) is 0 Å². The van der Waals surface area contributed by atoms with Crippen molar-refractivity contribution in [1.82, 2.24) is 0 Å². The van der Waals surface area contributed by atoms with Gasteiger partial charge in [-0.15, -0.1) is 0 Å². The van der Waals surface area contributed by atoms with Crippen molar-refractivity contribution in [2.45, 2.75) is 6.92 Å². The van der Waals surface area contributed by atoms with E-state index in [-0.39, 0.29) is 5.63 Å². The average Bonchev–Trinajstić information content (AvgIpc) is 2.47. The first kappa shape index (κ1) is 14.3. The summed E-state index contributed by atoms with van der Waals surface area (Å²) in [6.07, 6.45) is 0. The molecule has 1 heterocycles. The Bertz CT molecular complexity index is 888. The third-order valence-corrected chi connectivity index (χ3v) is 3.45. The van der Waals surface area contributed by atoms with Crippen LogP contribution in [-0.2, 0) is 0 Å². The maximum absolute atomic E-state index is 11.5. The van der Waals surface area contributed by atoms with Gasteiger partial charge in [0, 0.05) is 28.9 Å². The Labute approximate surface area is 132 Å². The molecule has 3 aromatic rings. The molecule has 1 aromatic heterocycles. The average molecular weight is 310 g/mol. The quantitative estimate of drug-likeness (QED) is 0.555. The monoisotopic (exact) mass is 310 g/mol. The molecule has 0 radical (unpaired) electrons. The number of thiocarbonyl (C=S) groups is 1. The lowest BCUT2D eigenvalue weighted by atomic mass is 10.1. The molecule has 0 amide bonds. The van der Waals surface area contributed by atoms with Crippen LogP contribution in [0.4, 0.5) is 11.4 Å². The van der Waals surface area contributed by atoms with Crippen LogP contribution in [0.1, 0.15) is 5.56 Å². The lowest BCUT2D eigenvalue weighted by Gasteiger charge is -2.11. The Morgan fingerprint density at radius 2 is 1.73 bits per heavy atom. The topological polar surface area (TPSA) is 54.3 Å². The second-order valence-electron chi connectivity index (χ2n) is 4.90. The van der Waals surface area contributed by atoms with Gasteiger partial charge in [0.15, 0.2) is 5.11 Å². The Balaban J connectivity index is 1.82. The predicted octanol–water partition coefficient (Wildman–Crippen LogP) is 3.91. The van der Waals surface area contributed by atoms with Crippen LogP contribution in [0.15, 0.2) is 63.8 Å². The van der Waals surface area contributed by atoms with Gasteiger partial charge in [-0.2, -0.15) is 0 Å². The van der Waals surface area contributed by atoms with Crippen LogP contribution < -0.4 is 16.3 Å². The molecule has 0 saturated heterocycles. The maximum atomic E-state index is 11.5. The molecule has 3 rings (SSSR count). The highest BCUT2D eigenvalue weighted by molar-refractivity contribution is 7.80. The molecule has 2 N–H and O–H groups in total. The van der Waals surface area contributed by atoms with Gasteiger partial charge in [0.25, 0.3) is 0 Å². The van der Waals surface area contributed by atoms with Gasteiger partial charge in [0.1, 0.15) is 5.58 Å². The third-order valence-electron chi connectivity index (χ3n) is 3.24. The molecule has 5 heteroatoms. The summed E-state index contributed by atoms with van der Waals surface area (Å²) in [7, 11) is 0. The van der Waals surface area contributed by atoms with Crippen molar-refractivity contribution in [2.24, 2.45) is 0 Å². The Morgan fingerprint density at radius 1 is 1.00 bits per heavy atom. The molecule has 0 spiro atoms. The van der Waals surface area contributed by atoms with E-state index in [0.29, 0.717) is 10.7 Å². The molecule has 0 aliphatic heterocycles. The Hall–Kier alpha value is -2.66. The molecule has 0 aliphatic carbocycles. The minimum Gasteiger partial charge on any atom is -0.423 e. The van der Waals surface area contributed by atoms with Crippen molar-refractivity contribution in [3.63, 3.8) is 0 Å². The summed E-state index contributed by atoms with van der Waals surface area (Å²) in [4.78, 5) is 11.5. The largest absolute Gasteiger partial charge is 0.423 e. The van der Waals surface area contributed by atoms with Gasteiger partial charge in [-0.25, -0.2) is 4.79 Å². The number of para-hydroxylation sites is 1. The highest BCUT2D eigenvalue weighted by atomic mass is 32.1. The van der Waals surface area contributed by atoms with Gasteiger partial charge in [0.2, 0.25) is 0 Å². The molecular formula is C17H14N2O2S. The smallest absolute Gasteiger partial charge is 0.336 e. The molecule has 0 saturated carbocycles. The number of fused-ring (bicyclic) bond motifs is 1. The van der Waals surface area contributed by atoms with E-state index in [1.54, 1.807) is 6.07 Å². The fourth-order valence-corrected chi connectivity index (χ4v) is 2.45. The van der Waals surface area contributed by atoms with Gasteiger partial charge >= 0.3 is 5.63 Å². The first-order valence-corrected chi connectivity index (χ1v) is 7.20. The number of rotatable bonds is 2. The molecule has 0 bridgehead atoms. The summed E-state index contributed by atoms with van der Waals surface area (Å²) in [5.74, 6) is 0.